The second-order valence-corrected chi connectivity index (χ2v) is 11.8. The van der Waals surface area contributed by atoms with E-state index < -0.39 is 5.92 Å². The van der Waals surface area contributed by atoms with Crippen LogP contribution < -0.4 is 4.74 Å². The van der Waals surface area contributed by atoms with E-state index in [1.807, 2.05) is 13.0 Å². The molecule has 0 aliphatic carbocycles. The van der Waals surface area contributed by atoms with Crippen LogP contribution in [0.2, 0.25) is 0 Å². The first-order valence-electron chi connectivity index (χ1n) is 10.8. The summed E-state index contributed by atoms with van der Waals surface area (Å²) in [6.45, 7) is 21.2. The van der Waals surface area contributed by atoms with Crippen molar-refractivity contribution in [2.75, 3.05) is 0 Å². The molecule has 0 radical (unpaired) electrons. The van der Waals surface area contributed by atoms with Crippen molar-refractivity contribution in [2.45, 2.75) is 91.4 Å². The molecule has 0 fully saturated rings. The van der Waals surface area contributed by atoms with Crippen LogP contribution in [0.4, 0.5) is 0 Å². The van der Waals surface area contributed by atoms with Gasteiger partial charge >= 0.3 is 5.97 Å². The van der Waals surface area contributed by atoms with Crippen molar-refractivity contribution in [3.8, 4) is 11.5 Å². The largest absolute Gasteiger partial charge is 0.508 e. The van der Waals surface area contributed by atoms with Crippen LogP contribution in [0.3, 0.4) is 0 Å². The summed E-state index contributed by atoms with van der Waals surface area (Å²) in [5.41, 5.74) is 5.43. The molecular weight excluding hydrogens is 372 g/mol. The number of aromatic hydroxyl groups is 1. The van der Waals surface area contributed by atoms with Crippen LogP contribution in [-0.2, 0) is 21.0 Å². The molecule has 2 aromatic rings. The highest BCUT2D eigenvalue weighted by molar-refractivity contribution is 5.91. The van der Waals surface area contributed by atoms with Crippen molar-refractivity contribution in [3.05, 3.63) is 57.6 Å². The Morgan fingerprint density at radius 1 is 0.767 bits per heavy atom. The van der Waals surface area contributed by atoms with Gasteiger partial charge in [-0.25, -0.2) is 0 Å². The average molecular weight is 409 g/mol. The third-order valence-corrected chi connectivity index (χ3v) is 6.04. The maximum Gasteiger partial charge on any atom is 0.323 e. The topological polar surface area (TPSA) is 46.5 Å². The number of carbonyl (C=O) groups is 1. The first-order chi connectivity index (χ1) is 13.5. The molecule has 3 nitrogen and oxygen atoms in total. The van der Waals surface area contributed by atoms with E-state index in [9.17, 15) is 9.90 Å². The van der Waals surface area contributed by atoms with Crippen molar-refractivity contribution >= 4 is 5.97 Å². The summed E-state index contributed by atoms with van der Waals surface area (Å²) in [7, 11) is 0. The van der Waals surface area contributed by atoms with Crippen molar-refractivity contribution in [1.82, 2.24) is 0 Å². The standard InChI is InChI=1S/C27H36O3/c1-15-11-19(26(5,6)7)21(28)14-17(15)22-18-12-16(25(2,3)4)13-20(27(8,9)10)23(18)30-24(22)29/h11-14,22,28H,1-10H3. The molecule has 1 aliphatic heterocycles. The fourth-order valence-corrected chi connectivity index (χ4v) is 4.18. The van der Waals surface area contributed by atoms with Gasteiger partial charge in [0.2, 0.25) is 0 Å². The summed E-state index contributed by atoms with van der Waals surface area (Å²) in [6.07, 6.45) is 0. The average Bonchev–Trinajstić information content (AvgIpc) is 2.88. The van der Waals surface area contributed by atoms with Gasteiger partial charge in [0.15, 0.2) is 0 Å². The number of hydrogen-bond donors (Lipinski definition) is 1. The van der Waals surface area contributed by atoms with E-state index >= 15 is 0 Å². The minimum absolute atomic E-state index is 0.0571. The second kappa shape index (κ2) is 6.87. The summed E-state index contributed by atoms with van der Waals surface area (Å²) in [5.74, 6) is 0.118. The van der Waals surface area contributed by atoms with Crippen molar-refractivity contribution in [3.63, 3.8) is 0 Å². The predicted octanol–water partition coefficient (Wildman–Crippen LogP) is 6.64. The number of phenolic OH excluding ortho intramolecular Hbond substituents is 1. The number of ether oxygens (including phenoxy) is 1. The molecule has 3 heteroatoms. The van der Waals surface area contributed by atoms with Crippen LogP contribution in [0.25, 0.3) is 0 Å². The van der Waals surface area contributed by atoms with Crippen molar-refractivity contribution < 1.29 is 14.6 Å². The number of carbonyl (C=O) groups excluding carboxylic acids is 1. The van der Waals surface area contributed by atoms with Gasteiger partial charge < -0.3 is 9.84 Å². The zero-order valence-electron chi connectivity index (χ0n) is 20.2. The molecule has 0 amide bonds. The minimum Gasteiger partial charge on any atom is -0.508 e. The fourth-order valence-electron chi connectivity index (χ4n) is 4.18. The number of fused-ring (bicyclic) bond motifs is 1. The van der Waals surface area contributed by atoms with E-state index in [0.29, 0.717) is 5.75 Å². The van der Waals surface area contributed by atoms with E-state index in [2.05, 4.69) is 74.4 Å². The smallest absolute Gasteiger partial charge is 0.323 e. The third-order valence-electron chi connectivity index (χ3n) is 6.04. The lowest BCUT2D eigenvalue weighted by atomic mass is 9.76. The number of aryl methyl sites for hydroxylation is 1. The molecule has 162 valence electrons. The highest BCUT2D eigenvalue weighted by atomic mass is 16.5. The molecule has 0 aromatic heterocycles. The molecule has 0 saturated heterocycles. The maximum atomic E-state index is 13.1. The Morgan fingerprint density at radius 3 is 1.83 bits per heavy atom. The summed E-state index contributed by atoms with van der Waals surface area (Å²) in [4.78, 5) is 13.1. The lowest BCUT2D eigenvalue weighted by molar-refractivity contribution is -0.133. The molecule has 1 atom stereocenters. The Kier molecular flexibility index (Phi) is 5.13. The molecule has 1 unspecified atom stereocenters. The summed E-state index contributed by atoms with van der Waals surface area (Å²) in [5, 5.41) is 10.8. The lowest BCUT2D eigenvalue weighted by Gasteiger charge is -2.27. The molecular formula is C27H36O3. The molecule has 1 aliphatic rings. The van der Waals surface area contributed by atoms with Gasteiger partial charge in [0, 0.05) is 11.1 Å². The Balaban J connectivity index is 2.28. The van der Waals surface area contributed by atoms with Gasteiger partial charge in [-0.2, -0.15) is 0 Å². The monoisotopic (exact) mass is 408 g/mol. The van der Waals surface area contributed by atoms with Gasteiger partial charge in [0.25, 0.3) is 0 Å². The normalized spacial score (nSPS) is 17.1. The fraction of sp³-hybridized carbons (Fsp3) is 0.519. The second-order valence-electron chi connectivity index (χ2n) is 11.8. The summed E-state index contributed by atoms with van der Waals surface area (Å²) in [6, 6.07) is 8.07. The molecule has 3 rings (SSSR count). The Morgan fingerprint density at radius 2 is 1.33 bits per heavy atom. The van der Waals surface area contributed by atoms with Gasteiger partial charge in [0.05, 0.1) is 0 Å². The molecule has 1 heterocycles. The van der Waals surface area contributed by atoms with Crippen LogP contribution in [-0.4, -0.2) is 11.1 Å². The first-order valence-corrected chi connectivity index (χ1v) is 10.8. The SMILES string of the molecule is Cc1cc(C(C)(C)C)c(O)cc1C1C(=O)Oc2c1cc(C(C)(C)C)cc2C(C)(C)C. The van der Waals surface area contributed by atoms with Crippen LogP contribution >= 0.6 is 0 Å². The summed E-state index contributed by atoms with van der Waals surface area (Å²) >= 11 is 0. The zero-order chi connectivity index (χ0) is 22.8. The van der Waals surface area contributed by atoms with E-state index in [0.717, 1.165) is 27.8 Å². The highest BCUT2D eigenvalue weighted by Gasteiger charge is 2.40. The Hall–Kier alpha value is -2.29. The van der Waals surface area contributed by atoms with Gasteiger partial charge in [-0.05, 0) is 51.5 Å². The van der Waals surface area contributed by atoms with Crippen LogP contribution in [0.1, 0.15) is 102 Å². The van der Waals surface area contributed by atoms with Gasteiger partial charge in [-0.1, -0.05) is 80.5 Å². The quantitative estimate of drug-likeness (QED) is 0.425. The summed E-state index contributed by atoms with van der Waals surface area (Å²) < 4.78 is 5.87. The minimum atomic E-state index is -0.525. The van der Waals surface area contributed by atoms with E-state index in [-0.39, 0.29) is 28.0 Å². The van der Waals surface area contributed by atoms with Gasteiger partial charge in [0.1, 0.15) is 17.4 Å². The molecule has 0 saturated carbocycles. The van der Waals surface area contributed by atoms with Gasteiger partial charge in [-0.15, -0.1) is 0 Å². The molecule has 2 aromatic carbocycles. The number of hydrogen-bond acceptors (Lipinski definition) is 3. The Labute approximate surface area is 181 Å². The number of esters is 1. The molecule has 30 heavy (non-hydrogen) atoms. The Bertz CT molecular complexity index is 1010. The maximum absolute atomic E-state index is 13.1. The van der Waals surface area contributed by atoms with Crippen LogP contribution in [0.15, 0.2) is 24.3 Å². The van der Waals surface area contributed by atoms with Gasteiger partial charge in [-0.3, -0.25) is 4.79 Å². The van der Waals surface area contributed by atoms with E-state index in [1.54, 1.807) is 6.07 Å². The van der Waals surface area contributed by atoms with E-state index in [1.165, 1.54) is 5.56 Å². The van der Waals surface area contributed by atoms with Crippen LogP contribution in [0, 0.1) is 6.92 Å². The predicted molar refractivity (Wildman–Crippen MR) is 123 cm³/mol. The lowest BCUT2D eigenvalue weighted by Crippen LogP contribution is -2.17. The highest BCUT2D eigenvalue weighted by Crippen LogP contribution is 2.48. The molecule has 0 spiro atoms. The number of rotatable bonds is 1. The number of benzene rings is 2. The van der Waals surface area contributed by atoms with Crippen molar-refractivity contribution in [2.24, 2.45) is 0 Å². The van der Waals surface area contributed by atoms with E-state index in [4.69, 9.17) is 4.74 Å². The molecule has 0 bridgehead atoms. The number of phenols is 1. The third kappa shape index (κ3) is 3.87. The first kappa shape index (κ1) is 22.4. The van der Waals surface area contributed by atoms with Crippen molar-refractivity contribution in [1.29, 1.82) is 0 Å². The molecule has 1 N–H and O–H groups in total. The van der Waals surface area contributed by atoms with Crippen LogP contribution in [0.5, 0.6) is 11.5 Å². The zero-order valence-corrected chi connectivity index (χ0v) is 20.2.